The Labute approximate surface area is 223 Å². The van der Waals surface area contributed by atoms with Gasteiger partial charge in [0.1, 0.15) is 0 Å². The molecule has 0 spiro atoms. The fourth-order valence-corrected chi connectivity index (χ4v) is 6.37. The number of ether oxygens (including phenoxy) is 2. The summed E-state index contributed by atoms with van der Waals surface area (Å²) in [6.07, 6.45) is 11.1. The van der Waals surface area contributed by atoms with Crippen LogP contribution in [-0.4, -0.2) is 70.9 Å². The summed E-state index contributed by atoms with van der Waals surface area (Å²) in [6, 6.07) is 0. The van der Waals surface area contributed by atoms with Gasteiger partial charge in [-0.3, -0.25) is 9.68 Å². The molecule has 6 nitrogen and oxygen atoms in total. The maximum atomic E-state index is 6.43. The SMILES string of the molecule is CCCCON1C(C)(C)CCC(OCCOC2CCC(C)(C)N(OCCCC)C(C)(C)C2)CC1(C)C. The molecule has 6 heteroatoms. The zero-order valence-electron chi connectivity index (χ0n) is 25.6. The van der Waals surface area contributed by atoms with Crippen molar-refractivity contribution in [2.24, 2.45) is 0 Å². The number of unbranched alkanes of at least 4 members (excludes halogenated alkanes) is 2. The van der Waals surface area contributed by atoms with E-state index in [-0.39, 0.29) is 34.4 Å². The number of hydrogen-bond acceptors (Lipinski definition) is 6. The van der Waals surface area contributed by atoms with Crippen molar-refractivity contribution in [2.75, 3.05) is 26.4 Å². The molecule has 0 aliphatic carbocycles. The fourth-order valence-electron chi connectivity index (χ4n) is 6.37. The van der Waals surface area contributed by atoms with Crippen molar-refractivity contribution < 1.29 is 19.1 Å². The van der Waals surface area contributed by atoms with Crippen molar-refractivity contribution in [3.8, 4) is 0 Å². The van der Waals surface area contributed by atoms with Gasteiger partial charge in [0, 0.05) is 22.2 Å². The van der Waals surface area contributed by atoms with Crippen molar-refractivity contribution in [3.63, 3.8) is 0 Å². The van der Waals surface area contributed by atoms with Gasteiger partial charge in [-0.25, -0.2) is 0 Å². The molecule has 0 aromatic carbocycles. The lowest BCUT2D eigenvalue weighted by Crippen LogP contribution is -2.54. The lowest BCUT2D eigenvalue weighted by atomic mass is 9.95. The first-order chi connectivity index (χ1) is 16.7. The maximum Gasteiger partial charge on any atom is 0.0704 e. The van der Waals surface area contributed by atoms with E-state index in [2.05, 4.69) is 79.4 Å². The zero-order valence-corrected chi connectivity index (χ0v) is 25.6. The summed E-state index contributed by atoms with van der Waals surface area (Å²) in [7, 11) is 0. The van der Waals surface area contributed by atoms with Crippen LogP contribution in [0.5, 0.6) is 0 Å². The van der Waals surface area contributed by atoms with Crippen molar-refractivity contribution >= 4 is 0 Å². The first kappa shape index (κ1) is 32.0. The molecule has 2 aliphatic heterocycles. The molecule has 0 bridgehead atoms. The van der Waals surface area contributed by atoms with E-state index in [1.54, 1.807) is 0 Å². The van der Waals surface area contributed by atoms with Crippen LogP contribution in [0.2, 0.25) is 0 Å². The second-order valence-corrected chi connectivity index (χ2v) is 13.7. The summed E-state index contributed by atoms with van der Waals surface area (Å²) in [4.78, 5) is 12.6. The average molecular weight is 513 g/mol. The minimum absolute atomic E-state index is 0.00431. The molecule has 0 N–H and O–H groups in total. The standard InChI is InChI=1S/C30H60N2O4/c1-11-13-19-35-31-27(3,4)17-15-25(23-29(31,7)8)33-21-22-34-26-16-18-28(5,6)32(30(9,10)24-26)36-20-14-12-2/h25-26H,11-24H2,1-10H3. The van der Waals surface area contributed by atoms with Gasteiger partial charge >= 0.3 is 0 Å². The highest BCUT2D eigenvalue weighted by Gasteiger charge is 2.45. The number of hydrogen-bond donors (Lipinski definition) is 0. The van der Waals surface area contributed by atoms with E-state index in [0.717, 1.165) is 77.4 Å². The molecule has 2 fully saturated rings. The number of hydroxylamine groups is 4. The predicted molar refractivity (Wildman–Crippen MR) is 149 cm³/mol. The molecule has 2 rings (SSSR count). The minimum Gasteiger partial charge on any atom is -0.376 e. The molecule has 214 valence electrons. The number of nitrogens with zero attached hydrogens (tertiary/aromatic N) is 2. The Balaban J connectivity index is 1.87. The van der Waals surface area contributed by atoms with E-state index in [1.165, 1.54) is 0 Å². The Bertz CT molecular complexity index is 580. The van der Waals surface area contributed by atoms with Crippen molar-refractivity contribution in [2.45, 2.75) is 168 Å². The van der Waals surface area contributed by atoms with Gasteiger partial charge in [-0.2, -0.15) is 10.1 Å². The monoisotopic (exact) mass is 512 g/mol. The summed E-state index contributed by atoms with van der Waals surface area (Å²) in [5.74, 6) is 0. The molecule has 2 aliphatic rings. The quantitative estimate of drug-likeness (QED) is 0.241. The highest BCUT2D eigenvalue weighted by atomic mass is 16.7. The molecule has 2 heterocycles. The zero-order chi connectivity index (χ0) is 27.0. The summed E-state index contributed by atoms with van der Waals surface area (Å²) < 4.78 is 12.9. The van der Waals surface area contributed by atoms with Crippen LogP contribution >= 0.6 is 0 Å². The molecule has 36 heavy (non-hydrogen) atoms. The van der Waals surface area contributed by atoms with E-state index in [0.29, 0.717) is 13.2 Å². The fraction of sp³-hybridized carbons (Fsp3) is 1.00. The molecule has 2 unspecified atom stereocenters. The van der Waals surface area contributed by atoms with Crippen LogP contribution < -0.4 is 0 Å². The highest BCUT2D eigenvalue weighted by Crippen LogP contribution is 2.39. The molecule has 0 aromatic heterocycles. The van der Waals surface area contributed by atoms with Crippen LogP contribution in [-0.2, 0) is 19.1 Å². The van der Waals surface area contributed by atoms with E-state index >= 15 is 0 Å². The Morgan fingerprint density at radius 3 is 1.25 bits per heavy atom. The second-order valence-electron chi connectivity index (χ2n) is 13.7. The topological polar surface area (TPSA) is 43.4 Å². The van der Waals surface area contributed by atoms with E-state index in [9.17, 15) is 0 Å². The Kier molecular flexibility index (Phi) is 12.2. The smallest absolute Gasteiger partial charge is 0.0704 e. The lowest BCUT2D eigenvalue weighted by molar-refractivity contribution is -0.266. The highest BCUT2D eigenvalue weighted by molar-refractivity contribution is 4.95. The lowest BCUT2D eigenvalue weighted by Gasteiger charge is -2.45. The van der Waals surface area contributed by atoms with Crippen molar-refractivity contribution in [1.82, 2.24) is 10.1 Å². The van der Waals surface area contributed by atoms with Crippen molar-refractivity contribution in [3.05, 3.63) is 0 Å². The van der Waals surface area contributed by atoms with E-state index < -0.39 is 0 Å². The second kappa shape index (κ2) is 13.7. The Morgan fingerprint density at radius 2 is 0.917 bits per heavy atom. The summed E-state index contributed by atoms with van der Waals surface area (Å²) >= 11 is 0. The van der Waals surface area contributed by atoms with Crippen molar-refractivity contribution in [1.29, 1.82) is 0 Å². The van der Waals surface area contributed by atoms with Gasteiger partial charge in [0.15, 0.2) is 0 Å². The first-order valence-corrected chi connectivity index (χ1v) is 14.8. The van der Waals surface area contributed by atoms with Gasteiger partial charge in [-0.15, -0.1) is 0 Å². The molecule has 2 saturated heterocycles. The Hall–Kier alpha value is -0.240. The van der Waals surface area contributed by atoms with Crippen LogP contribution in [0.1, 0.15) is 133 Å². The largest absolute Gasteiger partial charge is 0.376 e. The molecular weight excluding hydrogens is 452 g/mol. The van der Waals surface area contributed by atoms with Gasteiger partial charge in [0.25, 0.3) is 0 Å². The van der Waals surface area contributed by atoms with Crippen LogP contribution in [0, 0.1) is 0 Å². The normalized spacial score (nSPS) is 28.5. The molecule has 0 saturated carbocycles. The average Bonchev–Trinajstić information content (AvgIpc) is 2.91. The van der Waals surface area contributed by atoms with Crippen LogP contribution in [0.15, 0.2) is 0 Å². The van der Waals surface area contributed by atoms with E-state index in [4.69, 9.17) is 19.1 Å². The Morgan fingerprint density at radius 1 is 0.556 bits per heavy atom. The van der Waals surface area contributed by atoms with Gasteiger partial charge in [-0.05, 0) is 107 Å². The first-order valence-electron chi connectivity index (χ1n) is 14.8. The number of rotatable bonds is 13. The third kappa shape index (κ3) is 9.20. The molecular formula is C30H60N2O4. The summed E-state index contributed by atoms with van der Waals surface area (Å²) in [5.41, 5.74) is -0.153. The summed E-state index contributed by atoms with van der Waals surface area (Å²) in [6.45, 7) is 25.7. The third-order valence-corrected chi connectivity index (χ3v) is 8.04. The third-order valence-electron chi connectivity index (χ3n) is 8.04. The van der Waals surface area contributed by atoms with Gasteiger partial charge < -0.3 is 9.47 Å². The van der Waals surface area contributed by atoms with Crippen LogP contribution in [0.25, 0.3) is 0 Å². The molecule has 0 radical (unpaired) electrons. The van der Waals surface area contributed by atoms with Crippen LogP contribution in [0.4, 0.5) is 0 Å². The minimum atomic E-state index is -0.0720. The van der Waals surface area contributed by atoms with Crippen LogP contribution in [0.3, 0.4) is 0 Å². The van der Waals surface area contributed by atoms with E-state index in [1.807, 2.05) is 0 Å². The predicted octanol–water partition coefficient (Wildman–Crippen LogP) is 7.31. The summed E-state index contributed by atoms with van der Waals surface area (Å²) in [5, 5.41) is 4.53. The molecule has 0 amide bonds. The van der Waals surface area contributed by atoms with Gasteiger partial charge in [0.2, 0.25) is 0 Å². The van der Waals surface area contributed by atoms with Gasteiger partial charge in [-0.1, -0.05) is 26.7 Å². The maximum absolute atomic E-state index is 6.43. The molecule has 0 aromatic rings. The molecule has 2 atom stereocenters. The van der Waals surface area contributed by atoms with Gasteiger partial charge in [0.05, 0.1) is 38.6 Å².